The van der Waals surface area contributed by atoms with Crippen LogP contribution in [0.3, 0.4) is 0 Å². The van der Waals surface area contributed by atoms with Gasteiger partial charge in [-0.3, -0.25) is 4.79 Å². The number of carbonyl (C=O) groups is 2. The fourth-order valence-electron chi connectivity index (χ4n) is 2.78. The van der Waals surface area contributed by atoms with Crippen molar-refractivity contribution < 1.29 is 34.4 Å². The Morgan fingerprint density at radius 2 is 1.72 bits per heavy atom. The molecule has 0 saturated carbocycles. The molecule has 158 valence electrons. The summed E-state index contributed by atoms with van der Waals surface area (Å²) >= 11 is 0. The van der Waals surface area contributed by atoms with Crippen LogP contribution in [-0.2, 0) is 9.53 Å². The van der Waals surface area contributed by atoms with Crippen molar-refractivity contribution in [1.29, 1.82) is 0 Å². The number of aliphatic carboxylic acids is 1. The van der Waals surface area contributed by atoms with Crippen molar-refractivity contribution in [3.8, 4) is 17.2 Å². The molecule has 5 N–H and O–H groups in total. The molecule has 1 unspecified atom stereocenters. The SMILES string of the molecule is COc1ccc(C(=O)OCCCC(c2ccc(O)c(O)c2)[C@H](N)C(=O)O)cc1.Cl. The highest BCUT2D eigenvalue weighted by atomic mass is 35.5. The molecule has 0 bridgehead atoms. The monoisotopic (exact) mass is 425 g/mol. The van der Waals surface area contributed by atoms with Crippen molar-refractivity contribution in [3.63, 3.8) is 0 Å². The first-order chi connectivity index (χ1) is 13.3. The highest BCUT2D eigenvalue weighted by Crippen LogP contribution is 2.32. The summed E-state index contributed by atoms with van der Waals surface area (Å²) in [6.07, 6.45) is 0.683. The van der Waals surface area contributed by atoms with Gasteiger partial charge in [0.1, 0.15) is 11.8 Å². The van der Waals surface area contributed by atoms with Crippen molar-refractivity contribution in [2.45, 2.75) is 24.8 Å². The van der Waals surface area contributed by atoms with Crippen LogP contribution in [-0.4, -0.2) is 47.0 Å². The van der Waals surface area contributed by atoms with Crippen LogP contribution >= 0.6 is 12.4 Å². The molecule has 0 aliphatic heterocycles. The Kier molecular flexibility index (Phi) is 9.24. The minimum atomic E-state index is -1.21. The Morgan fingerprint density at radius 1 is 1.07 bits per heavy atom. The van der Waals surface area contributed by atoms with Crippen LogP contribution in [0.1, 0.15) is 34.7 Å². The molecule has 0 saturated heterocycles. The van der Waals surface area contributed by atoms with E-state index in [1.807, 2.05) is 0 Å². The second-order valence-electron chi connectivity index (χ2n) is 6.23. The van der Waals surface area contributed by atoms with Gasteiger partial charge in [-0.1, -0.05) is 6.07 Å². The maximum absolute atomic E-state index is 12.0. The van der Waals surface area contributed by atoms with Gasteiger partial charge in [-0.15, -0.1) is 12.4 Å². The quantitative estimate of drug-likeness (QED) is 0.273. The molecule has 0 amide bonds. The van der Waals surface area contributed by atoms with E-state index in [0.717, 1.165) is 0 Å². The highest BCUT2D eigenvalue weighted by molar-refractivity contribution is 5.89. The van der Waals surface area contributed by atoms with Crippen molar-refractivity contribution in [2.24, 2.45) is 5.73 Å². The average Bonchev–Trinajstić information content (AvgIpc) is 2.69. The van der Waals surface area contributed by atoms with Crippen LogP contribution in [0.25, 0.3) is 0 Å². The Bertz CT molecular complexity index is 826. The number of phenols is 2. The van der Waals surface area contributed by atoms with E-state index in [2.05, 4.69) is 0 Å². The normalized spacial score (nSPS) is 12.3. The second-order valence-corrected chi connectivity index (χ2v) is 6.23. The Labute approximate surface area is 174 Å². The first-order valence-corrected chi connectivity index (χ1v) is 8.65. The van der Waals surface area contributed by atoms with Gasteiger partial charge in [-0.05, 0) is 54.8 Å². The molecule has 8 nitrogen and oxygen atoms in total. The van der Waals surface area contributed by atoms with E-state index in [-0.39, 0.29) is 30.5 Å². The van der Waals surface area contributed by atoms with Crippen molar-refractivity contribution in [3.05, 3.63) is 53.6 Å². The summed E-state index contributed by atoms with van der Waals surface area (Å²) in [7, 11) is 1.53. The van der Waals surface area contributed by atoms with Gasteiger partial charge in [0.15, 0.2) is 11.5 Å². The average molecular weight is 426 g/mol. The second kappa shape index (κ2) is 11.1. The van der Waals surface area contributed by atoms with Gasteiger partial charge < -0.3 is 30.5 Å². The molecule has 2 aromatic carbocycles. The zero-order valence-corrected chi connectivity index (χ0v) is 16.6. The van der Waals surface area contributed by atoms with Gasteiger partial charge in [0.05, 0.1) is 19.3 Å². The predicted molar refractivity (Wildman–Crippen MR) is 108 cm³/mol. The van der Waals surface area contributed by atoms with Crippen LogP contribution in [0.15, 0.2) is 42.5 Å². The maximum Gasteiger partial charge on any atom is 0.338 e. The zero-order chi connectivity index (χ0) is 20.7. The number of benzene rings is 2. The van der Waals surface area contributed by atoms with Gasteiger partial charge in [-0.25, -0.2) is 4.79 Å². The number of aromatic hydroxyl groups is 2. The molecule has 29 heavy (non-hydrogen) atoms. The van der Waals surface area contributed by atoms with E-state index in [1.165, 1.54) is 25.3 Å². The first kappa shape index (κ1) is 24.1. The molecule has 9 heteroatoms. The van der Waals surface area contributed by atoms with Gasteiger partial charge in [0.25, 0.3) is 0 Å². The third kappa shape index (κ3) is 6.55. The highest BCUT2D eigenvalue weighted by Gasteiger charge is 2.26. The van der Waals surface area contributed by atoms with E-state index < -0.39 is 23.9 Å². The maximum atomic E-state index is 12.0. The number of halogens is 1. The number of hydrogen-bond acceptors (Lipinski definition) is 7. The summed E-state index contributed by atoms with van der Waals surface area (Å²) < 4.78 is 10.2. The van der Waals surface area contributed by atoms with E-state index in [4.69, 9.17) is 15.2 Å². The van der Waals surface area contributed by atoms with Crippen LogP contribution in [0, 0.1) is 0 Å². The number of carboxylic acid groups (broad SMARTS) is 1. The Morgan fingerprint density at radius 3 is 2.28 bits per heavy atom. The molecule has 0 spiro atoms. The number of phenolic OH excluding ortho intramolecular Hbond substituents is 2. The molecule has 0 aromatic heterocycles. The van der Waals surface area contributed by atoms with Crippen molar-refractivity contribution in [1.82, 2.24) is 0 Å². The van der Waals surface area contributed by atoms with Crippen LogP contribution in [0.4, 0.5) is 0 Å². The smallest absolute Gasteiger partial charge is 0.338 e. The number of carbonyl (C=O) groups excluding carboxylic acids is 1. The van der Waals surface area contributed by atoms with Gasteiger partial charge in [-0.2, -0.15) is 0 Å². The van der Waals surface area contributed by atoms with Gasteiger partial charge in [0.2, 0.25) is 0 Å². The molecule has 2 rings (SSSR count). The van der Waals surface area contributed by atoms with Crippen molar-refractivity contribution >= 4 is 24.3 Å². The molecule has 2 atom stereocenters. The lowest BCUT2D eigenvalue weighted by Gasteiger charge is -2.21. The number of nitrogens with two attached hydrogens (primary N) is 1. The number of ether oxygens (including phenoxy) is 2. The predicted octanol–water partition coefficient (Wildman–Crippen LogP) is 2.66. The third-order valence-electron chi connectivity index (χ3n) is 4.36. The molecule has 0 aliphatic carbocycles. The zero-order valence-electron chi connectivity index (χ0n) is 15.8. The standard InChI is InChI=1S/C20H23NO7.ClH/c1-27-14-7-4-12(5-8-14)20(26)28-10-2-3-15(18(21)19(24)25)13-6-9-16(22)17(23)11-13;/h4-9,11,15,18,22-23H,2-3,10,21H2,1H3,(H,24,25);1H/t15?,18-;/m0./s1. The van der Waals surface area contributed by atoms with E-state index in [1.54, 1.807) is 24.3 Å². The number of rotatable bonds is 9. The minimum Gasteiger partial charge on any atom is -0.504 e. The number of hydrogen-bond donors (Lipinski definition) is 4. The van der Waals surface area contributed by atoms with Crippen LogP contribution in [0.2, 0.25) is 0 Å². The number of esters is 1. The lowest BCUT2D eigenvalue weighted by atomic mass is 9.87. The molecular weight excluding hydrogens is 402 g/mol. The van der Waals surface area contributed by atoms with Crippen LogP contribution in [0.5, 0.6) is 17.2 Å². The molecule has 0 radical (unpaired) electrons. The summed E-state index contributed by atoms with van der Waals surface area (Å²) in [5.41, 5.74) is 6.63. The Balaban J connectivity index is 0.00000420. The molecule has 0 heterocycles. The number of carboxylic acids is 1. The summed E-state index contributed by atoms with van der Waals surface area (Å²) in [5, 5.41) is 28.3. The molecule has 0 aliphatic rings. The third-order valence-corrected chi connectivity index (χ3v) is 4.36. The summed E-state index contributed by atoms with van der Waals surface area (Å²) in [6.45, 7) is 0.0811. The fourth-order valence-corrected chi connectivity index (χ4v) is 2.78. The van der Waals surface area contributed by atoms with Gasteiger partial charge >= 0.3 is 11.9 Å². The molecule has 0 fully saturated rings. The lowest BCUT2D eigenvalue weighted by Crippen LogP contribution is -2.36. The van der Waals surface area contributed by atoms with Crippen molar-refractivity contribution in [2.75, 3.05) is 13.7 Å². The van der Waals surface area contributed by atoms with E-state index >= 15 is 0 Å². The first-order valence-electron chi connectivity index (χ1n) is 8.65. The minimum absolute atomic E-state index is 0. The summed E-state index contributed by atoms with van der Waals surface area (Å²) in [5.74, 6) is -2.34. The summed E-state index contributed by atoms with van der Waals surface area (Å²) in [4.78, 5) is 23.4. The van der Waals surface area contributed by atoms with Gasteiger partial charge in [0, 0.05) is 5.92 Å². The summed E-state index contributed by atoms with van der Waals surface area (Å²) in [6, 6.07) is 9.33. The number of methoxy groups -OCH3 is 1. The van der Waals surface area contributed by atoms with E-state index in [0.29, 0.717) is 29.7 Å². The largest absolute Gasteiger partial charge is 0.504 e. The Hall–Kier alpha value is -2.97. The fraction of sp³-hybridized carbons (Fsp3) is 0.300. The topological polar surface area (TPSA) is 139 Å². The molecular formula is C20H24ClNO7. The molecule has 2 aromatic rings. The lowest BCUT2D eigenvalue weighted by molar-refractivity contribution is -0.139. The van der Waals surface area contributed by atoms with Crippen LogP contribution < -0.4 is 10.5 Å². The van der Waals surface area contributed by atoms with E-state index in [9.17, 15) is 24.9 Å².